The molecular formula is C8H15N2O2W-. The molecule has 0 bridgehead atoms. The molecule has 1 aliphatic rings. The fraction of sp³-hybridized carbons (Fsp3) is 0.875. The van der Waals surface area contributed by atoms with Crippen molar-refractivity contribution in [2.75, 3.05) is 0 Å². The second-order valence-electron chi connectivity index (χ2n) is 3.49. The molecular weight excluding hydrogens is 340 g/mol. The number of primary amides is 1. The Morgan fingerprint density at radius 1 is 1.62 bits per heavy atom. The van der Waals surface area contributed by atoms with Crippen LogP contribution in [0.5, 0.6) is 0 Å². The van der Waals surface area contributed by atoms with Crippen LogP contribution in [0.15, 0.2) is 0 Å². The summed E-state index contributed by atoms with van der Waals surface area (Å²) in [5.74, 6) is -0.254. The van der Waals surface area contributed by atoms with Crippen molar-refractivity contribution < 1.29 is 31.0 Å². The smallest absolute Gasteiger partial charge is 0.244 e. The zero-order valence-corrected chi connectivity index (χ0v) is 10.3. The summed E-state index contributed by atoms with van der Waals surface area (Å²) in [4.78, 5) is 10.5. The molecule has 4 N–H and O–H groups in total. The van der Waals surface area contributed by atoms with Crippen LogP contribution < -0.4 is 5.73 Å². The van der Waals surface area contributed by atoms with Crippen LogP contribution in [0, 0.1) is 5.92 Å². The van der Waals surface area contributed by atoms with E-state index in [1.165, 1.54) is 6.42 Å². The molecule has 0 spiro atoms. The van der Waals surface area contributed by atoms with Gasteiger partial charge in [0.05, 0.1) is 0 Å². The van der Waals surface area contributed by atoms with E-state index in [2.05, 4.69) is 0 Å². The summed E-state index contributed by atoms with van der Waals surface area (Å²) in [6, 6.07) is -0.729. The first kappa shape index (κ1) is 13.1. The first-order chi connectivity index (χ1) is 5.61. The molecule has 4 nitrogen and oxygen atoms in total. The minimum Gasteiger partial charge on any atom is -0.672 e. The number of carbonyl (C=O) groups is 1. The monoisotopic (exact) mass is 355 g/mol. The van der Waals surface area contributed by atoms with E-state index in [-0.39, 0.29) is 21.1 Å². The Hall–Kier alpha value is 0.0783. The maximum Gasteiger partial charge on any atom is 0.244 e. The molecule has 0 heterocycles. The molecule has 2 unspecified atom stereocenters. The van der Waals surface area contributed by atoms with Gasteiger partial charge in [0.2, 0.25) is 5.91 Å². The normalized spacial score (nSPS) is 21.1. The first-order valence-corrected chi connectivity index (χ1v) is 4.29. The van der Waals surface area contributed by atoms with Gasteiger partial charge in [0.1, 0.15) is 6.10 Å². The molecule has 0 radical (unpaired) electrons. The van der Waals surface area contributed by atoms with Gasteiger partial charge in [0.25, 0.3) is 0 Å². The minimum absolute atomic E-state index is 0. The maximum absolute atomic E-state index is 10.5. The van der Waals surface area contributed by atoms with E-state index in [1.54, 1.807) is 0 Å². The predicted molar refractivity (Wildman–Crippen MR) is 45.3 cm³/mol. The van der Waals surface area contributed by atoms with Crippen molar-refractivity contribution in [3.63, 3.8) is 0 Å². The predicted octanol–water partition coefficient (Wildman–Crippen LogP) is 0.441. The molecule has 1 fully saturated rings. The van der Waals surface area contributed by atoms with E-state index in [4.69, 9.17) is 16.6 Å². The van der Waals surface area contributed by atoms with Crippen LogP contribution in [-0.4, -0.2) is 23.2 Å². The molecule has 1 rings (SSSR count). The maximum atomic E-state index is 10.5. The Kier molecular flexibility index (Phi) is 5.77. The van der Waals surface area contributed by atoms with Crippen LogP contribution in [0.3, 0.4) is 0 Å². The number of nitrogens with one attached hydrogen (secondary N) is 1. The average Bonchev–Trinajstić information content (AvgIpc) is 1.94. The van der Waals surface area contributed by atoms with Gasteiger partial charge in [-0.3, -0.25) is 4.79 Å². The number of hydrogen-bond acceptors (Lipinski definition) is 2. The van der Waals surface area contributed by atoms with Gasteiger partial charge in [0, 0.05) is 21.1 Å². The van der Waals surface area contributed by atoms with Gasteiger partial charge in [-0.2, -0.15) is 0 Å². The van der Waals surface area contributed by atoms with Crippen molar-refractivity contribution >= 4 is 5.91 Å². The van der Waals surface area contributed by atoms with E-state index in [9.17, 15) is 4.79 Å². The SMILES string of the molecule is [NH-]C(CC1CCC1)C(O)C(N)=O.[W]. The molecule has 0 saturated heterocycles. The third-order valence-corrected chi connectivity index (χ3v) is 2.48. The molecule has 0 aromatic heterocycles. The van der Waals surface area contributed by atoms with E-state index in [0.717, 1.165) is 12.8 Å². The van der Waals surface area contributed by atoms with Gasteiger partial charge in [-0.15, -0.1) is 6.04 Å². The fourth-order valence-corrected chi connectivity index (χ4v) is 1.41. The second-order valence-corrected chi connectivity index (χ2v) is 3.49. The Morgan fingerprint density at radius 2 is 2.15 bits per heavy atom. The van der Waals surface area contributed by atoms with Gasteiger partial charge >= 0.3 is 0 Å². The Balaban J connectivity index is 0.00000144. The third-order valence-electron chi connectivity index (χ3n) is 2.48. The van der Waals surface area contributed by atoms with Crippen LogP contribution in [0.25, 0.3) is 5.73 Å². The molecule has 1 amide bonds. The molecule has 1 saturated carbocycles. The van der Waals surface area contributed by atoms with Crippen LogP contribution in [0.1, 0.15) is 25.7 Å². The number of carbonyl (C=O) groups excluding carboxylic acids is 1. The van der Waals surface area contributed by atoms with Crippen molar-refractivity contribution in [3.8, 4) is 0 Å². The van der Waals surface area contributed by atoms with Crippen LogP contribution >= 0.6 is 0 Å². The van der Waals surface area contributed by atoms with Gasteiger partial charge in [-0.25, -0.2) is 0 Å². The molecule has 13 heavy (non-hydrogen) atoms. The number of aliphatic hydroxyl groups is 1. The number of amides is 1. The Morgan fingerprint density at radius 3 is 2.46 bits per heavy atom. The van der Waals surface area contributed by atoms with E-state index in [1.807, 2.05) is 0 Å². The Labute approximate surface area is 92.3 Å². The molecule has 76 valence electrons. The quantitative estimate of drug-likeness (QED) is 0.767. The largest absolute Gasteiger partial charge is 0.672 e. The van der Waals surface area contributed by atoms with Crippen LogP contribution in [-0.2, 0) is 25.9 Å². The summed E-state index contributed by atoms with van der Waals surface area (Å²) < 4.78 is 0. The number of hydrogen-bond donors (Lipinski definition) is 2. The number of rotatable bonds is 4. The van der Waals surface area contributed by atoms with E-state index >= 15 is 0 Å². The molecule has 2 atom stereocenters. The summed E-state index contributed by atoms with van der Waals surface area (Å²) in [7, 11) is 0. The van der Waals surface area contributed by atoms with Gasteiger partial charge in [-0.1, -0.05) is 25.7 Å². The summed E-state index contributed by atoms with van der Waals surface area (Å²) in [5, 5.41) is 9.10. The van der Waals surface area contributed by atoms with Crippen LogP contribution in [0.2, 0.25) is 0 Å². The summed E-state index contributed by atoms with van der Waals surface area (Å²) in [5.41, 5.74) is 12.3. The Bertz CT molecular complexity index is 174. The summed E-state index contributed by atoms with van der Waals surface area (Å²) >= 11 is 0. The first-order valence-electron chi connectivity index (χ1n) is 4.29. The fourth-order valence-electron chi connectivity index (χ4n) is 1.41. The van der Waals surface area contributed by atoms with E-state index < -0.39 is 18.1 Å². The van der Waals surface area contributed by atoms with Crippen molar-refractivity contribution in [1.82, 2.24) is 0 Å². The number of nitrogens with two attached hydrogens (primary N) is 1. The zero-order valence-electron chi connectivity index (χ0n) is 7.40. The van der Waals surface area contributed by atoms with Gasteiger partial charge < -0.3 is 16.6 Å². The second kappa shape index (κ2) is 5.73. The molecule has 0 aromatic carbocycles. The topological polar surface area (TPSA) is 87.1 Å². The van der Waals surface area contributed by atoms with Crippen LogP contribution in [0.4, 0.5) is 0 Å². The van der Waals surface area contributed by atoms with Gasteiger partial charge in [-0.05, 0) is 5.92 Å². The standard InChI is InChI=1S/C8H15N2O2.W/c9-6(7(11)8(10)12)4-5-2-1-3-5;/h5-7,9,11H,1-4H2,(H2,10,12);/q-1;. The van der Waals surface area contributed by atoms with Crippen molar-refractivity contribution in [2.24, 2.45) is 11.7 Å². The molecule has 1 aliphatic carbocycles. The zero-order chi connectivity index (χ0) is 9.14. The molecule has 5 heteroatoms. The van der Waals surface area contributed by atoms with Gasteiger partial charge in [0.15, 0.2) is 0 Å². The van der Waals surface area contributed by atoms with Crippen molar-refractivity contribution in [3.05, 3.63) is 5.73 Å². The third kappa shape index (κ3) is 3.75. The van der Waals surface area contributed by atoms with Crippen molar-refractivity contribution in [2.45, 2.75) is 37.8 Å². The average molecular weight is 355 g/mol. The molecule has 0 aliphatic heterocycles. The minimum atomic E-state index is -1.29. The summed E-state index contributed by atoms with van der Waals surface area (Å²) in [6.45, 7) is 0. The molecule has 0 aromatic rings. The summed E-state index contributed by atoms with van der Waals surface area (Å²) in [6.07, 6.45) is 2.78. The van der Waals surface area contributed by atoms with Crippen molar-refractivity contribution in [1.29, 1.82) is 0 Å². The number of aliphatic hydroxyl groups excluding tert-OH is 1. The van der Waals surface area contributed by atoms with E-state index in [0.29, 0.717) is 12.3 Å².